The Morgan fingerprint density at radius 2 is 1.84 bits per heavy atom. The molecular weight excluding hydrogens is 286 g/mol. The molecule has 0 saturated carbocycles. The molecule has 0 fully saturated rings. The van der Waals surface area contributed by atoms with Crippen molar-refractivity contribution >= 4 is 63.1 Å². The zero-order valence-electron chi connectivity index (χ0n) is 9.61. The van der Waals surface area contributed by atoms with Crippen molar-refractivity contribution in [2.75, 3.05) is 0 Å². The van der Waals surface area contributed by atoms with Crippen LogP contribution in [0.15, 0.2) is 35.3 Å². The molecule has 0 aliphatic carbocycles. The van der Waals surface area contributed by atoms with Gasteiger partial charge in [0.2, 0.25) is 0 Å². The maximum atomic E-state index is 12.8. The van der Waals surface area contributed by atoms with Crippen molar-refractivity contribution in [1.82, 2.24) is 0 Å². The van der Waals surface area contributed by atoms with Crippen molar-refractivity contribution in [2.45, 2.75) is 25.6 Å². The first kappa shape index (κ1) is 18.8. The van der Waals surface area contributed by atoms with Gasteiger partial charge < -0.3 is 5.11 Å². The Kier molecular flexibility index (Phi) is 8.07. The number of hydrogen-bond donors (Lipinski definition) is 1. The summed E-state index contributed by atoms with van der Waals surface area (Å²) < 4.78 is 38.5. The van der Waals surface area contributed by atoms with Crippen molar-refractivity contribution in [3.63, 3.8) is 0 Å². The van der Waals surface area contributed by atoms with Gasteiger partial charge in [0, 0.05) is 5.56 Å². The van der Waals surface area contributed by atoms with Gasteiger partial charge in [-0.3, -0.25) is 4.99 Å². The number of alkyl halides is 3. The van der Waals surface area contributed by atoms with E-state index < -0.39 is 23.9 Å². The third-order valence-electron chi connectivity index (χ3n) is 2.27. The fraction of sp³-hybridized carbons (Fsp3) is 0.333. The van der Waals surface area contributed by atoms with Crippen LogP contribution in [-0.2, 0) is 4.79 Å². The van der Waals surface area contributed by atoms with E-state index in [1.54, 1.807) is 6.07 Å². The second kappa shape index (κ2) is 8.16. The first-order chi connectivity index (χ1) is 8.36. The number of benzene rings is 1. The Morgan fingerprint density at radius 1 is 1.32 bits per heavy atom. The van der Waals surface area contributed by atoms with Gasteiger partial charge in [-0.1, -0.05) is 37.3 Å². The molecule has 0 aliphatic heterocycles. The zero-order valence-corrected chi connectivity index (χ0v) is 9.61. The third-order valence-corrected chi connectivity index (χ3v) is 2.27. The number of carboxylic acid groups (broad SMARTS) is 1. The molecule has 0 aromatic heterocycles. The molecule has 1 aromatic carbocycles. The van der Waals surface area contributed by atoms with E-state index in [0.29, 0.717) is 0 Å². The standard InChI is InChI=1S/C12H12F3NO2.K.H/c1-2-9(11(17)18)16-10(12(13,14)15)8-6-4-3-5-7-8;;/h3-7,9H,2H2,1H3,(H,17,18);;/b16-10-;;/t9-;;/m0../s1. The van der Waals surface area contributed by atoms with Crippen LogP contribution in [0.5, 0.6) is 0 Å². The number of hydrogen-bond acceptors (Lipinski definition) is 2. The van der Waals surface area contributed by atoms with E-state index in [4.69, 9.17) is 5.11 Å². The predicted octanol–water partition coefficient (Wildman–Crippen LogP) is 2.25. The second-order valence-electron chi connectivity index (χ2n) is 3.60. The molecule has 0 bridgehead atoms. The Bertz CT molecular complexity index is 446. The van der Waals surface area contributed by atoms with E-state index in [2.05, 4.69) is 4.99 Å². The second-order valence-corrected chi connectivity index (χ2v) is 3.60. The average molecular weight is 299 g/mol. The topological polar surface area (TPSA) is 49.7 Å². The summed E-state index contributed by atoms with van der Waals surface area (Å²) >= 11 is 0. The van der Waals surface area contributed by atoms with Gasteiger partial charge in [-0.25, -0.2) is 4.79 Å². The zero-order chi connectivity index (χ0) is 13.8. The summed E-state index contributed by atoms with van der Waals surface area (Å²) in [6.45, 7) is 1.47. The monoisotopic (exact) mass is 299 g/mol. The molecular formula is C12H13F3KNO2. The molecule has 19 heavy (non-hydrogen) atoms. The number of rotatable bonds is 4. The van der Waals surface area contributed by atoms with Crippen molar-refractivity contribution in [2.24, 2.45) is 4.99 Å². The summed E-state index contributed by atoms with van der Waals surface area (Å²) in [4.78, 5) is 14.1. The van der Waals surface area contributed by atoms with E-state index in [0.717, 1.165) is 0 Å². The van der Waals surface area contributed by atoms with Crippen LogP contribution in [0, 0.1) is 0 Å². The van der Waals surface area contributed by atoms with Gasteiger partial charge in [0.15, 0.2) is 0 Å². The van der Waals surface area contributed by atoms with Crippen LogP contribution in [0.1, 0.15) is 18.9 Å². The first-order valence-electron chi connectivity index (χ1n) is 5.29. The van der Waals surface area contributed by atoms with Crippen LogP contribution in [0.3, 0.4) is 0 Å². The normalized spacial score (nSPS) is 13.6. The van der Waals surface area contributed by atoms with Crippen LogP contribution < -0.4 is 0 Å². The van der Waals surface area contributed by atoms with Crippen LogP contribution in [-0.4, -0.2) is 80.4 Å². The van der Waals surface area contributed by atoms with Gasteiger partial charge in [-0.05, 0) is 6.42 Å². The molecule has 100 valence electrons. The van der Waals surface area contributed by atoms with E-state index in [9.17, 15) is 18.0 Å². The van der Waals surface area contributed by atoms with Crippen LogP contribution in [0.2, 0.25) is 0 Å². The molecule has 0 amide bonds. The minimum atomic E-state index is -4.68. The molecule has 0 saturated heterocycles. The van der Waals surface area contributed by atoms with Gasteiger partial charge in [-0.2, -0.15) is 13.2 Å². The fourth-order valence-electron chi connectivity index (χ4n) is 1.38. The summed E-state index contributed by atoms with van der Waals surface area (Å²) in [5.41, 5.74) is -1.29. The third kappa shape index (κ3) is 5.74. The molecule has 1 N–H and O–H groups in total. The maximum absolute atomic E-state index is 12.8. The quantitative estimate of drug-likeness (QED) is 0.685. The SMILES string of the molecule is CC[C@H](/N=C(/c1ccccc1)C(F)(F)F)C(=O)O.[KH]. The summed E-state index contributed by atoms with van der Waals surface area (Å²) in [5.74, 6) is -1.37. The van der Waals surface area contributed by atoms with Gasteiger partial charge >= 0.3 is 63.5 Å². The number of aliphatic imine (C=N–C) groups is 1. The van der Waals surface area contributed by atoms with Crippen molar-refractivity contribution in [3.05, 3.63) is 35.9 Å². The first-order valence-corrected chi connectivity index (χ1v) is 5.29. The number of halogens is 3. The van der Waals surface area contributed by atoms with Crippen molar-refractivity contribution in [1.29, 1.82) is 0 Å². The number of carbonyl (C=O) groups is 1. The van der Waals surface area contributed by atoms with Crippen LogP contribution in [0.4, 0.5) is 13.2 Å². The molecule has 0 unspecified atom stereocenters. The molecule has 0 radical (unpaired) electrons. The Labute approximate surface area is 151 Å². The summed E-state index contributed by atoms with van der Waals surface area (Å²) in [6, 6.07) is 5.58. The molecule has 7 heteroatoms. The summed E-state index contributed by atoms with van der Waals surface area (Å²) in [6.07, 6.45) is -4.67. The summed E-state index contributed by atoms with van der Waals surface area (Å²) in [5, 5.41) is 8.76. The van der Waals surface area contributed by atoms with E-state index in [1.807, 2.05) is 0 Å². The van der Waals surface area contributed by atoms with Crippen molar-refractivity contribution in [3.8, 4) is 0 Å². The summed E-state index contributed by atoms with van der Waals surface area (Å²) in [7, 11) is 0. The van der Waals surface area contributed by atoms with Crippen LogP contribution in [0.25, 0.3) is 0 Å². The number of carboxylic acids is 1. The minimum absolute atomic E-state index is 0. The number of nitrogens with zero attached hydrogens (tertiary/aromatic N) is 1. The van der Waals surface area contributed by atoms with Gasteiger partial charge in [0.1, 0.15) is 11.8 Å². The predicted molar refractivity (Wildman–Crippen MR) is 67.9 cm³/mol. The molecule has 0 heterocycles. The molecule has 1 aromatic rings. The van der Waals surface area contributed by atoms with Gasteiger partial charge in [0.25, 0.3) is 0 Å². The molecule has 1 atom stereocenters. The Balaban J connectivity index is 0.00000324. The molecule has 0 spiro atoms. The van der Waals surface area contributed by atoms with E-state index >= 15 is 0 Å². The fourth-order valence-corrected chi connectivity index (χ4v) is 1.38. The average Bonchev–Trinajstić information content (AvgIpc) is 2.29. The van der Waals surface area contributed by atoms with Crippen LogP contribution >= 0.6 is 0 Å². The van der Waals surface area contributed by atoms with Crippen molar-refractivity contribution < 1.29 is 23.1 Å². The van der Waals surface area contributed by atoms with E-state index in [-0.39, 0.29) is 63.4 Å². The Hall–Kier alpha value is -0.214. The Morgan fingerprint density at radius 3 is 2.21 bits per heavy atom. The molecule has 1 rings (SSSR count). The molecule has 0 aliphatic rings. The van der Waals surface area contributed by atoms with Gasteiger partial charge in [-0.15, -0.1) is 0 Å². The number of aliphatic carboxylic acids is 1. The van der Waals surface area contributed by atoms with Gasteiger partial charge in [0.05, 0.1) is 0 Å². The molecule has 3 nitrogen and oxygen atoms in total. The van der Waals surface area contributed by atoms with E-state index in [1.165, 1.54) is 31.2 Å².